The van der Waals surface area contributed by atoms with Crippen LogP contribution in [0.4, 0.5) is 0 Å². The van der Waals surface area contributed by atoms with Crippen LogP contribution in [0.5, 0.6) is 0 Å². The quantitative estimate of drug-likeness (QED) is 0.702. The monoisotopic (exact) mass is 202 g/mol. The highest BCUT2D eigenvalue weighted by atomic mass is 15.1. The van der Waals surface area contributed by atoms with Crippen molar-refractivity contribution in [2.75, 3.05) is 6.54 Å². The van der Waals surface area contributed by atoms with Crippen molar-refractivity contribution in [2.24, 2.45) is 0 Å². The van der Waals surface area contributed by atoms with E-state index in [0.717, 1.165) is 6.54 Å². The molecule has 0 atom stereocenters. The lowest BCUT2D eigenvalue weighted by Gasteiger charge is -2.23. The van der Waals surface area contributed by atoms with Gasteiger partial charge in [0.1, 0.15) is 0 Å². The Morgan fingerprint density at radius 3 is 2.67 bits per heavy atom. The van der Waals surface area contributed by atoms with Crippen LogP contribution < -0.4 is 0 Å². The van der Waals surface area contributed by atoms with Crippen LogP contribution >= 0.6 is 0 Å². The van der Waals surface area contributed by atoms with Gasteiger partial charge in [-0.1, -0.05) is 29.8 Å². The van der Waals surface area contributed by atoms with Gasteiger partial charge < -0.3 is 0 Å². The minimum Gasteiger partial charge on any atom is -0.284 e. The fourth-order valence-electron chi connectivity index (χ4n) is 1.56. The molecular weight excluding hydrogens is 184 g/mol. The Morgan fingerprint density at radius 2 is 2.13 bits per heavy atom. The van der Waals surface area contributed by atoms with Gasteiger partial charge in [-0.3, -0.25) is 4.90 Å². The highest BCUT2D eigenvalue weighted by Gasteiger charge is 2.08. The second kappa shape index (κ2) is 5.53. The van der Waals surface area contributed by atoms with Gasteiger partial charge in [0.05, 0.1) is 12.6 Å². The van der Waals surface area contributed by atoms with Gasteiger partial charge in [-0.15, -0.1) is 0 Å². The molecule has 2 heteroatoms. The van der Waals surface area contributed by atoms with Gasteiger partial charge in [0.15, 0.2) is 0 Å². The number of aryl methyl sites for hydroxylation is 1. The molecule has 0 fully saturated rings. The van der Waals surface area contributed by atoms with Crippen molar-refractivity contribution in [1.29, 1.82) is 5.26 Å². The number of hydrogen-bond acceptors (Lipinski definition) is 2. The molecule has 0 aliphatic rings. The predicted octanol–water partition coefficient (Wildman–Crippen LogP) is 2.73. The van der Waals surface area contributed by atoms with Gasteiger partial charge in [0, 0.05) is 12.6 Å². The number of nitrogens with zero attached hydrogens (tertiary/aromatic N) is 2. The summed E-state index contributed by atoms with van der Waals surface area (Å²) in [5.41, 5.74) is 2.55. The average Bonchev–Trinajstić information content (AvgIpc) is 2.17. The molecule has 0 radical (unpaired) electrons. The maximum absolute atomic E-state index is 8.73. The summed E-state index contributed by atoms with van der Waals surface area (Å²) in [5, 5.41) is 8.73. The van der Waals surface area contributed by atoms with Crippen LogP contribution in [0, 0.1) is 18.3 Å². The predicted molar refractivity (Wildman–Crippen MR) is 62.3 cm³/mol. The van der Waals surface area contributed by atoms with Crippen LogP contribution in [0.25, 0.3) is 0 Å². The van der Waals surface area contributed by atoms with E-state index in [0.29, 0.717) is 12.6 Å². The largest absolute Gasteiger partial charge is 0.284 e. The van der Waals surface area contributed by atoms with Crippen molar-refractivity contribution in [2.45, 2.75) is 33.4 Å². The van der Waals surface area contributed by atoms with E-state index < -0.39 is 0 Å². The molecule has 0 spiro atoms. The molecule has 0 aromatic heterocycles. The Bertz CT molecular complexity index is 350. The Labute approximate surface area is 92.1 Å². The highest BCUT2D eigenvalue weighted by molar-refractivity contribution is 5.22. The molecule has 15 heavy (non-hydrogen) atoms. The summed E-state index contributed by atoms with van der Waals surface area (Å²) in [6.45, 7) is 7.67. The maximum atomic E-state index is 8.73. The minimum absolute atomic E-state index is 0.408. The first kappa shape index (κ1) is 11.7. The first-order valence-corrected chi connectivity index (χ1v) is 5.30. The Kier molecular flexibility index (Phi) is 4.33. The zero-order valence-electron chi connectivity index (χ0n) is 9.70. The molecule has 1 aromatic carbocycles. The fourth-order valence-corrected chi connectivity index (χ4v) is 1.56. The summed E-state index contributed by atoms with van der Waals surface area (Å²) in [4.78, 5) is 2.16. The van der Waals surface area contributed by atoms with E-state index in [-0.39, 0.29) is 0 Å². The molecule has 0 bridgehead atoms. The smallest absolute Gasteiger partial charge is 0.0871 e. The molecule has 0 saturated carbocycles. The fraction of sp³-hybridized carbons (Fsp3) is 0.462. The molecule has 0 amide bonds. The van der Waals surface area contributed by atoms with Crippen LogP contribution in [-0.2, 0) is 6.54 Å². The Morgan fingerprint density at radius 1 is 1.40 bits per heavy atom. The molecule has 0 heterocycles. The molecule has 0 N–H and O–H groups in total. The molecule has 1 rings (SSSR count). The lowest BCUT2D eigenvalue weighted by molar-refractivity contribution is 0.240. The van der Waals surface area contributed by atoms with Crippen LogP contribution in [0.15, 0.2) is 24.3 Å². The normalized spacial score (nSPS) is 10.7. The maximum Gasteiger partial charge on any atom is 0.0871 e. The summed E-state index contributed by atoms with van der Waals surface area (Å²) in [6, 6.07) is 11.1. The summed E-state index contributed by atoms with van der Waals surface area (Å²) in [5.74, 6) is 0. The van der Waals surface area contributed by atoms with Crippen LogP contribution in [0.1, 0.15) is 25.0 Å². The van der Waals surface area contributed by atoms with Crippen LogP contribution in [0.3, 0.4) is 0 Å². The zero-order valence-corrected chi connectivity index (χ0v) is 9.70. The summed E-state index contributed by atoms with van der Waals surface area (Å²) in [6.07, 6.45) is 0. The molecule has 1 aromatic rings. The highest BCUT2D eigenvalue weighted by Crippen LogP contribution is 2.09. The van der Waals surface area contributed by atoms with E-state index in [2.05, 4.69) is 56.0 Å². The number of hydrogen-bond donors (Lipinski definition) is 0. The standard InChI is InChI=1S/C13H18N2/c1-11(2)15(8-7-14)10-13-6-4-5-12(3)9-13/h4-6,9,11H,8,10H2,1-3H3. The molecule has 2 nitrogen and oxygen atoms in total. The Balaban J connectivity index is 2.70. The molecule has 0 aliphatic heterocycles. The third-order valence-electron chi connectivity index (χ3n) is 2.47. The van der Waals surface area contributed by atoms with Crippen molar-refractivity contribution < 1.29 is 0 Å². The topological polar surface area (TPSA) is 27.0 Å². The molecule has 0 aliphatic carbocycles. The zero-order chi connectivity index (χ0) is 11.3. The van der Waals surface area contributed by atoms with Gasteiger partial charge >= 0.3 is 0 Å². The van der Waals surface area contributed by atoms with E-state index in [1.807, 2.05) is 0 Å². The number of benzene rings is 1. The molecule has 0 saturated heterocycles. The van der Waals surface area contributed by atoms with Gasteiger partial charge in [-0.25, -0.2) is 0 Å². The molecule has 80 valence electrons. The van der Waals surface area contributed by atoms with Crippen molar-refractivity contribution in [3.8, 4) is 6.07 Å². The van der Waals surface area contributed by atoms with Crippen LogP contribution in [0.2, 0.25) is 0 Å². The van der Waals surface area contributed by atoms with Crippen molar-refractivity contribution in [1.82, 2.24) is 4.90 Å². The van der Waals surface area contributed by atoms with Crippen molar-refractivity contribution >= 4 is 0 Å². The lowest BCUT2D eigenvalue weighted by atomic mass is 10.1. The van der Waals surface area contributed by atoms with Gasteiger partial charge in [-0.05, 0) is 26.3 Å². The summed E-state index contributed by atoms with van der Waals surface area (Å²) >= 11 is 0. The van der Waals surface area contributed by atoms with E-state index in [4.69, 9.17) is 5.26 Å². The third-order valence-corrected chi connectivity index (χ3v) is 2.47. The first-order valence-electron chi connectivity index (χ1n) is 5.30. The lowest BCUT2D eigenvalue weighted by Crippen LogP contribution is -2.30. The van der Waals surface area contributed by atoms with Gasteiger partial charge in [-0.2, -0.15) is 5.26 Å². The van der Waals surface area contributed by atoms with Crippen LogP contribution in [-0.4, -0.2) is 17.5 Å². The Hall–Kier alpha value is -1.33. The van der Waals surface area contributed by atoms with Gasteiger partial charge in [0.25, 0.3) is 0 Å². The second-order valence-electron chi connectivity index (χ2n) is 4.15. The van der Waals surface area contributed by atoms with Gasteiger partial charge in [0.2, 0.25) is 0 Å². The number of rotatable bonds is 4. The molecular formula is C13H18N2. The van der Waals surface area contributed by atoms with Crippen molar-refractivity contribution in [3.05, 3.63) is 35.4 Å². The van der Waals surface area contributed by atoms with Crippen molar-refractivity contribution in [3.63, 3.8) is 0 Å². The average molecular weight is 202 g/mol. The van der Waals surface area contributed by atoms with E-state index in [9.17, 15) is 0 Å². The third kappa shape index (κ3) is 3.73. The molecule has 0 unspecified atom stereocenters. The summed E-state index contributed by atoms with van der Waals surface area (Å²) in [7, 11) is 0. The van der Waals surface area contributed by atoms with E-state index in [1.54, 1.807) is 0 Å². The second-order valence-corrected chi connectivity index (χ2v) is 4.15. The van der Waals surface area contributed by atoms with E-state index >= 15 is 0 Å². The number of nitriles is 1. The summed E-state index contributed by atoms with van der Waals surface area (Å²) < 4.78 is 0. The SMILES string of the molecule is Cc1cccc(CN(CC#N)C(C)C)c1. The van der Waals surface area contributed by atoms with E-state index in [1.165, 1.54) is 11.1 Å². The minimum atomic E-state index is 0.408. The first-order chi connectivity index (χ1) is 7.13.